The summed E-state index contributed by atoms with van der Waals surface area (Å²) in [5.41, 5.74) is 0. The Bertz CT molecular complexity index is 278. The number of rotatable bonds is 2. The number of likely N-dealkylation sites (tertiary alicyclic amines) is 1. The van der Waals surface area contributed by atoms with Crippen LogP contribution in [0.4, 0.5) is 4.79 Å². The number of ether oxygens (including phenoxy) is 1. The van der Waals surface area contributed by atoms with Gasteiger partial charge in [0.1, 0.15) is 0 Å². The lowest BCUT2D eigenvalue weighted by Crippen LogP contribution is -2.49. The van der Waals surface area contributed by atoms with E-state index in [2.05, 4.69) is 15.6 Å². The number of nitrogens with zero attached hydrogens (tertiary/aromatic N) is 2. The topological polar surface area (TPSA) is 66.0 Å². The Morgan fingerprint density at radius 1 is 1.44 bits per heavy atom. The highest BCUT2D eigenvalue weighted by atomic mass is 127. The molecule has 0 radical (unpaired) electrons. The summed E-state index contributed by atoms with van der Waals surface area (Å²) in [4.78, 5) is 17.3. The highest BCUT2D eigenvalue weighted by Crippen LogP contribution is 2.11. The standard InChI is InChI=1S/C11H22N4O2.HI/c1-4-17-11(16)15-7-5-9(6-8-15)14-10(12-2)13-3;/h9H,4-8H2,1-3H3,(H2,12,13,14);1H. The van der Waals surface area contributed by atoms with Gasteiger partial charge in [0.2, 0.25) is 0 Å². The van der Waals surface area contributed by atoms with E-state index in [0.717, 1.165) is 31.9 Å². The minimum Gasteiger partial charge on any atom is -0.450 e. The van der Waals surface area contributed by atoms with Gasteiger partial charge in [0.05, 0.1) is 6.61 Å². The van der Waals surface area contributed by atoms with Crippen LogP contribution < -0.4 is 10.6 Å². The van der Waals surface area contributed by atoms with Crippen LogP contribution >= 0.6 is 24.0 Å². The first-order valence-electron chi connectivity index (χ1n) is 6.04. The van der Waals surface area contributed by atoms with Crippen LogP contribution in [0.5, 0.6) is 0 Å². The van der Waals surface area contributed by atoms with Gasteiger partial charge in [0.15, 0.2) is 5.96 Å². The number of carbonyl (C=O) groups is 1. The molecule has 18 heavy (non-hydrogen) atoms. The van der Waals surface area contributed by atoms with Crippen LogP contribution in [0.25, 0.3) is 0 Å². The van der Waals surface area contributed by atoms with Gasteiger partial charge in [-0.05, 0) is 19.8 Å². The Labute approximate surface area is 126 Å². The lowest BCUT2D eigenvalue weighted by Gasteiger charge is -2.32. The third kappa shape index (κ3) is 5.28. The number of hydrogen-bond acceptors (Lipinski definition) is 3. The molecule has 6 nitrogen and oxygen atoms in total. The third-order valence-corrected chi connectivity index (χ3v) is 2.82. The summed E-state index contributed by atoms with van der Waals surface area (Å²) in [6.07, 6.45) is 1.63. The number of carbonyl (C=O) groups excluding carboxylic acids is 1. The summed E-state index contributed by atoms with van der Waals surface area (Å²) in [5, 5.41) is 6.29. The van der Waals surface area contributed by atoms with Crippen molar-refractivity contribution in [3.8, 4) is 0 Å². The third-order valence-electron chi connectivity index (χ3n) is 2.82. The molecule has 1 heterocycles. The minimum absolute atomic E-state index is 0. The summed E-state index contributed by atoms with van der Waals surface area (Å²) in [6.45, 7) is 3.72. The van der Waals surface area contributed by atoms with Crippen LogP contribution in [0.1, 0.15) is 19.8 Å². The van der Waals surface area contributed by atoms with E-state index >= 15 is 0 Å². The molecule has 0 bridgehead atoms. The van der Waals surface area contributed by atoms with Crippen LogP contribution in [-0.2, 0) is 4.74 Å². The molecule has 1 saturated heterocycles. The zero-order valence-electron chi connectivity index (χ0n) is 11.2. The molecule has 1 aliphatic rings. The molecule has 0 aromatic heterocycles. The Morgan fingerprint density at radius 3 is 2.50 bits per heavy atom. The number of guanidine groups is 1. The second-order valence-electron chi connectivity index (χ2n) is 3.93. The maximum absolute atomic E-state index is 11.5. The Hall–Kier alpha value is -0.730. The zero-order valence-corrected chi connectivity index (χ0v) is 13.6. The van der Waals surface area contributed by atoms with Gasteiger partial charge in [-0.2, -0.15) is 0 Å². The highest BCUT2D eigenvalue weighted by Gasteiger charge is 2.23. The van der Waals surface area contributed by atoms with Crippen molar-refractivity contribution >= 4 is 36.0 Å². The summed E-state index contributed by atoms with van der Waals surface area (Å²) in [6, 6.07) is 0.367. The van der Waals surface area contributed by atoms with Crippen LogP contribution in [0.2, 0.25) is 0 Å². The second kappa shape index (κ2) is 9.23. The van der Waals surface area contributed by atoms with E-state index in [-0.39, 0.29) is 30.1 Å². The molecule has 1 fully saturated rings. The molecule has 0 atom stereocenters. The quantitative estimate of drug-likeness (QED) is 0.433. The fraction of sp³-hybridized carbons (Fsp3) is 0.818. The SMILES string of the molecule is CCOC(=O)N1CCC(NC(=NC)NC)CC1.I. The summed E-state index contributed by atoms with van der Waals surface area (Å²) in [5.74, 6) is 0.791. The monoisotopic (exact) mass is 370 g/mol. The van der Waals surface area contributed by atoms with Gasteiger partial charge in [-0.1, -0.05) is 0 Å². The molecule has 1 aliphatic heterocycles. The van der Waals surface area contributed by atoms with Gasteiger partial charge in [-0.3, -0.25) is 4.99 Å². The Morgan fingerprint density at radius 2 is 2.06 bits per heavy atom. The van der Waals surface area contributed by atoms with Crippen LogP contribution in [0, 0.1) is 0 Å². The molecule has 106 valence electrons. The molecule has 0 saturated carbocycles. The van der Waals surface area contributed by atoms with Gasteiger partial charge in [-0.15, -0.1) is 24.0 Å². The first-order chi connectivity index (χ1) is 8.21. The zero-order chi connectivity index (χ0) is 12.7. The van der Waals surface area contributed by atoms with E-state index in [0.29, 0.717) is 12.6 Å². The van der Waals surface area contributed by atoms with E-state index in [4.69, 9.17) is 4.74 Å². The average molecular weight is 370 g/mol. The molecule has 2 N–H and O–H groups in total. The van der Waals surface area contributed by atoms with Crippen molar-refractivity contribution in [3.05, 3.63) is 0 Å². The van der Waals surface area contributed by atoms with Crippen molar-refractivity contribution in [2.45, 2.75) is 25.8 Å². The normalized spacial score (nSPS) is 16.8. The molecule has 0 spiro atoms. The van der Waals surface area contributed by atoms with Crippen LogP contribution in [0.15, 0.2) is 4.99 Å². The summed E-state index contributed by atoms with van der Waals surface area (Å²) in [7, 11) is 3.58. The maximum Gasteiger partial charge on any atom is 0.409 e. The van der Waals surface area contributed by atoms with Crippen molar-refractivity contribution in [2.24, 2.45) is 4.99 Å². The number of nitrogens with one attached hydrogen (secondary N) is 2. The first-order valence-corrected chi connectivity index (χ1v) is 6.04. The fourth-order valence-corrected chi connectivity index (χ4v) is 1.86. The number of hydrogen-bond donors (Lipinski definition) is 2. The first kappa shape index (κ1) is 17.3. The number of aliphatic imine (C=N–C) groups is 1. The van der Waals surface area contributed by atoms with E-state index in [1.807, 2.05) is 14.0 Å². The smallest absolute Gasteiger partial charge is 0.409 e. The maximum atomic E-state index is 11.5. The second-order valence-corrected chi connectivity index (χ2v) is 3.93. The predicted octanol–water partition coefficient (Wildman–Crippen LogP) is 1.02. The molecular weight excluding hydrogens is 347 g/mol. The van der Waals surface area contributed by atoms with Crippen LogP contribution in [0.3, 0.4) is 0 Å². The molecule has 1 rings (SSSR count). The van der Waals surface area contributed by atoms with Crippen molar-refractivity contribution in [2.75, 3.05) is 33.8 Å². The lowest BCUT2D eigenvalue weighted by atomic mass is 10.1. The van der Waals surface area contributed by atoms with Crippen molar-refractivity contribution in [3.63, 3.8) is 0 Å². The summed E-state index contributed by atoms with van der Waals surface area (Å²) < 4.78 is 4.97. The van der Waals surface area contributed by atoms with Gasteiger partial charge in [-0.25, -0.2) is 4.79 Å². The molecule has 0 aromatic carbocycles. The Balaban J connectivity index is 0.00000289. The number of piperidine rings is 1. The molecular formula is C11H23IN4O2. The van der Waals surface area contributed by atoms with E-state index in [1.165, 1.54) is 0 Å². The lowest BCUT2D eigenvalue weighted by molar-refractivity contribution is 0.0963. The number of halogens is 1. The molecule has 0 unspecified atom stereocenters. The molecule has 0 aliphatic carbocycles. The Kier molecular flexibility index (Phi) is 8.86. The van der Waals surface area contributed by atoms with Gasteiger partial charge < -0.3 is 20.3 Å². The van der Waals surface area contributed by atoms with E-state index < -0.39 is 0 Å². The number of amides is 1. The van der Waals surface area contributed by atoms with E-state index in [1.54, 1.807) is 11.9 Å². The minimum atomic E-state index is -0.205. The van der Waals surface area contributed by atoms with Crippen LogP contribution in [-0.4, -0.2) is 56.8 Å². The highest BCUT2D eigenvalue weighted by molar-refractivity contribution is 14.0. The van der Waals surface area contributed by atoms with Gasteiger partial charge >= 0.3 is 6.09 Å². The van der Waals surface area contributed by atoms with Crippen molar-refractivity contribution < 1.29 is 9.53 Å². The summed E-state index contributed by atoms with van der Waals surface area (Å²) >= 11 is 0. The molecule has 0 aromatic rings. The average Bonchev–Trinajstić information content (AvgIpc) is 2.37. The van der Waals surface area contributed by atoms with Gasteiger partial charge in [0.25, 0.3) is 0 Å². The largest absolute Gasteiger partial charge is 0.450 e. The van der Waals surface area contributed by atoms with Crippen molar-refractivity contribution in [1.29, 1.82) is 0 Å². The molecule has 1 amide bonds. The van der Waals surface area contributed by atoms with Gasteiger partial charge in [0, 0.05) is 33.2 Å². The van der Waals surface area contributed by atoms with E-state index in [9.17, 15) is 4.79 Å². The fourth-order valence-electron chi connectivity index (χ4n) is 1.86. The molecule has 7 heteroatoms. The predicted molar refractivity (Wildman–Crippen MR) is 82.6 cm³/mol. The van der Waals surface area contributed by atoms with Crippen molar-refractivity contribution in [1.82, 2.24) is 15.5 Å².